The predicted octanol–water partition coefficient (Wildman–Crippen LogP) is 5.31. The van der Waals surface area contributed by atoms with Crippen LogP contribution in [0.4, 0.5) is 0 Å². The van der Waals surface area contributed by atoms with Crippen LogP contribution < -0.4 is 19.6 Å². The van der Waals surface area contributed by atoms with E-state index in [-0.39, 0.29) is 24.3 Å². The third-order valence-corrected chi connectivity index (χ3v) is 7.95. The fourth-order valence-electron chi connectivity index (χ4n) is 4.45. The number of aromatic nitrogens is 1. The number of ether oxygens (including phenoxy) is 3. The number of fused-ring (bicyclic) bond motifs is 1. The lowest BCUT2D eigenvalue weighted by Gasteiger charge is -2.24. The summed E-state index contributed by atoms with van der Waals surface area (Å²) in [6, 6.07) is 21.2. The molecule has 10 heteroatoms. The third-order valence-electron chi connectivity index (χ3n) is 6.46. The van der Waals surface area contributed by atoms with Crippen molar-refractivity contribution in [1.82, 2.24) is 4.57 Å². The van der Waals surface area contributed by atoms with Crippen LogP contribution in [-0.2, 0) is 20.9 Å². The van der Waals surface area contributed by atoms with E-state index >= 15 is 0 Å². The Labute approximate surface area is 250 Å². The summed E-state index contributed by atoms with van der Waals surface area (Å²) in [4.78, 5) is 32.3. The van der Waals surface area contributed by atoms with Gasteiger partial charge >= 0.3 is 5.97 Å². The minimum absolute atomic E-state index is 0.0800. The Hall–Kier alpha value is -3.69. The van der Waals surface area contributed by atoms with Crippen LogP contribution in [0.3, 0.4) is 0 Å². The fourth-order valence-corrected chi connectivity index (χ4v) is 5.74. The van der Waals surface area contributed by atoms with E-state index in [9.17, 15) is 9.59 Å². The SMILES string of the molecule is COCCOC(=O)C1=C(C)N=c2sc(=Cc3ccccc3OCc3ccc(Cl)cc3)c(=O)n2C1c1ccc(Cl)cc1. The Morgan fingerprint density at radius 1 is 1.00 bits per heavy atom. The predicted molar refractivity (Wildman–Crippen MR) is 160 cm³/mol. The normalized spacial score (nSPS) is 14.9. The van der Waals surface area contributed by atoms with Gasteiger partial charge in [0.1, 0.15) is 19.0 Å². The van der Waals surface area contributed by atoms with Crippen molar-refractivity contribution < 1.29 is 19.0 Å². The highest BCUT2D eigenvalue weighted by Gasteiger charge is 2.33. The second-order valence-electron chi connectivity index (χ2n) is 9.22. The van der Waals surface area contributed by atoms with Gasteiger partial charge in [-0.3, -0.25) is 9.36 Å². The van der Waals surface area contributed by atoms with Gasteiger partial charge in [0.2, 0.25) is 0 Å². The standard InChI is InChI=1S/C31H26Cl2N2O5S/c1-19-27(30(37)39-16-15-38-2)28(21-9-13-24(33)14-10-21)35-29(36)26(41-31(35)34-19)17-22-5-3-4-6-25(22)40-18-20-7-11-23(32)12-8-20/h3-14,17,28H,15-16,18H2,1-2H3. The van der Waals surface area contributed by atoms with E-state index in [2.05, 4.69) is 4.99 Å². The largest absolute Gasteiger partial charge is 0.488 e. The topological polar surface area (TPSA) is 79.1 Å². The number of esters is 1. The first kappa shape index (κ1) is 28.8. The van der Waals surface area contributed by atoms with E-state index in [1.54, 1.807) is 37.3 Å². The number of halogens is 2. The molecule has 0 saturated carbocycles. The molecular weight excluding hydrogens is 583 g/mol. The summed E-state index contributed by atoms with van der Waals surface area (Å²) in [5, 5.41) is 1.20. The highest BCUT2D eigenvalue weighted by Crippen LogP contribution is 2.31. The Bertz CT molecular complexity index is 1780. The van der Waals surface area contributed by atoms with Crippen molar-refractivity contribution in [3.05, 3.63) is 130 Å². The molecule has 1 atom stereocenters. The molecule has 210 valence electrons. The molecule has 3 aromatic carbocycles. The van der Waals surface area contributed by atoms with E-state index < -0.39 is 12.0 Å². The Morgan fingerprint density at radius 3 is 2.39 bits per heavy atom. The minimum atomic E-state index is -0.739. The fraction of sp³-hybridized carbons (Fsp3) is 0.194. The Morgan fingerprint density at radius 2 is 1.68 bits per heavy atom. The highest BCUT2D eigenvalue weighted by atomic mass is 35.5. The molecule has 1 aliphatic rings. The maximum Gasteiger partial charge on any atom is 0.338 e. The van der Waals surface area contributed by atoms with Crippen LogP contribution in [0.2, 0.25) is 10.0 Å². The molecule has 1 unspecified atom stereocenters. The number of nitrogens with zero attached hydrogens (tertiary/aromatic N) is 2. The Kier molecular flexibility index (Phi) is 9.05. The average Bonchev–Trinajstić information content (AvgIpc) is 3.27. The lowest BCUT2D eigenvalue weighted by Crippen LogP contribution is -2.40. The molecule has 0 spiro atoms. The summed E-state index contributed by atoms with van der Waals surface area (Å²) in [5.41, 5.74) is 2.90. The zero-order valence-corrected chi connectivity index (χ0v) is 24.6. The molecule has 2 heterocycles. The quantitative estimate of drug-likeness (QED) is 0.190. The molecule has 0 saturated heterocycles. The monoisotopic (exact) mass is 608 g/mol. The second kappa shape index (κ2) is 12.9. The van der Waals surface area contributed by atoms with Crippen molar-refractivity contribution in [2.45, 2.75) is 19.6 Å². The number of carbonyl (C=O) groups excluding carboxylic acids is 1. The number of thiazole rings is 1. The Balaban J connectivity index is 1.56. The maximum absolute atomic E-state index is 13.9. The molecule has 1 aromatic heterocycles. The van der Waals surface area contributed by atoms with E-state index in [4.69, 9.17) is 37.4 Å². The average molecular weight is 610 g/mol. The molecule has 0 bridgehead atoms. The number of hydrogen-bond acceptors (Lipinski definition) is 7. The molecule has 0 aliphatic carbocycles. The maximum atomic E-state index is 13.9. The van der Waals surface area contributed by atoms with Gasteiger partial charge in [-0.1, -0.05) is 77.0 Å². The smallest absolute Gasteiger partial charge is 0.338 e. The number of allylic oxidation sites excluding steroid dienone is 1. The number of methoxy groups -OCH3 is 1. The summed E-state index contributed by atoms with van der Waals surface area (Å²) in [7, 11) is 1.53. The van der Waals surface area contributed by atoms with Crippen LogP contribution in [0, 0.1) is 0 Å². The second-order valence-corrected chi connectivity index (χ2v) is 11.1. The highest BCUT2D eigenvalue weighted by molar-refractivity contribution is 7.07. The molecule has 4 aromatic rings. The van der Waals surface area contributed by atoms with Crippen LogP contribution in [0.5, 0.6) is 5.75 Å². The number of rotatable bonds is 9. The van der Waals surface area contributed by atoms with Gasteiger partial charge in [0.15, 0.2) is 4.80 Å². The molecule has 7 nitrogen and oxygen atoms in total. The van der Waals surface area contributed by atoms with Crippen molar-refractivity contribution in [2.75, 3.05) is 20.3 Å². The van der Waals surface area contributed by atoms with Crippen molar-refractivity contribution in [3.8, 4) is 5.75 Å². The van der Waals surface area contributed by atoms with Crippen molar-refractivity contribution in [2.24, 2.45) is 4.99 Å². The van der Waals surface area contributed by atoms with Crippen LogP contribution in [0.25, 0.3) is 6.08 Å². The zero-order chi connectivity index (χ0) is 28.9. The van der Waals surface area contributed by atoms with E-state index in [0.29, 0.717) is 43.0 Å². The van der Waals surface area contributed by atoms with E-state index in [1.165, 1.54) is 23.0 Å². The summed E-state index contributed by atoms with van der Waals surface area (Å²) in [5.74, 6) is 0.0691. The first-order chi connectivity index (χ1) is 19.9. The summed E-state index contributed by atoms with van der Waals surface area (Å²) in [6.07, 6.45) is 1.79. The van der Waals surface area contributed by atoms with E-state index in [1.807, 2.05) is 48.5 Å². The van der Waals surface area contributed by atoms with Crippen LogP contribution in [0.15, 0.2) is 93.9 Å². The lowest BCUT2D eigenvalue weighted by molar-refractivity contribution is -0.140. The molecule has 0 amide bonds. The van der Waals surface area contributed by atoms with Crippen LogP contribution in [0.1, 0.15) is 29.7 Å². The van der Waals surface area contributed by atoms with Gasteiger partial charge in [-0.15, -0.1) is 0 Å². The number of hydrogen-bond donors (Lipinski definition) is 0. The summed E-state index contributed by atoms with van der Waals surface area (Å²) in [6.45, 7) is 2.42. The summed E-state index contributed by atoms with van der Waals surface area (Å²) >= 11 is 13.4. The molecular formula is C31H26Cl2N2O5S. The molecule has 41 heavy (non-hydrogen) atoms. The molecule has 1 aliphatic heterocycles. The minimum Gasteiger partial charge on any atom is -0.488 e. The zero-order valence-electron chi connectivity index (χ0n) is 22.3. The number of benzene rings is 3. The van der Waals surface area contributed by atoms with Gasteiger partial charge in [0.05, 0.1) is 28.5 Å². The van der Waals surface area contributed by atoms with Crippen molar-refractivity contribution in [3.63, 3.8) is 0 Å². The van der Waals surface area contributed by atoms with E-state index in [0.717, 1.165) is 11.1 Å². The first-order valence-electron chi connectivity index (χ1n) is 12.8. The van der Waals surface area contributed by atoms with Gasteiger partial charge in [0.25, 0.3) is 5.56 Å². The van der Waals surface area contributed by atoms with Crippen molar-refractivity contribution in [1.29, 1.82) is 0 Å². The first-order valence-corrected chi connectivity index (χ1v) is 14.3. The van der Waals surface area contributed by atoms with Gasteiger partial charge in [-0.25, -0.2) is 9.79 Å². The van der Waals surface area contributed by atoms with Crippen LogP contribution >= 0.6 is 34.5 Å². The molecule has 0 radical (unpaired) electrons. The lowest BCUT2D eigenvalue weighted by atomic mass is 9.96. The van der Waals surface area contributed by atoms with Gasteiger partial charge in [-0.05, 0) is 54.5 Å². The van der Waals surface area contributed by atoms with Crippen LogP contribution in [-0.4, -0.2) is 30.9 Å². The number of carbonyl (C=O) groups is 1. The van der Waals surface area contributed by atoms with Gasteiger partial charge < -0.3 is 14.2 Å². The summed E-state index contributed by atoms with van der Waals surface area (Å²) < 4.78 is 18.6. The molecule has 0 N–H and O–H groups in total. The van der Waals surface area contributed by atoms with Gasteiger partial charge in [0, 0.05) is 22.7 Å². The third kappa shape index (κ3) is 6.47. The van der Waals surface area contributed by atoms with Gasteiger partial charge in [-0.2, -0.15) is 0 Å². The number of para-hydroxylation sites is 1. The molecule has 0 fully saturated rings. The molecule has 5 rings (SSSR count). The van der Waals surface area contributed by atoms with Crippen molar-refractivity contribution >= 4 is 46.6 Å².